The molecule has 8 heteroatoms. The number of nitrogens with one attached hydrogen (secondary N) is 3. The first-order chi connectivity index (χ1) is 12.4. The summed E-state index contributed by atoms with van der Waals surface area (Å²) in [5, 5.41) is 6.09. The summed E-state index contributed by atoms with van der Waals surface area (Å²) >= 11 is 1.61. The SMILES string of the molecule is CC(=O)NCCNC(=O)CCc1nc2sc3c(c2c(=O)[nH]1)CCC(C)C3. The number of fused-ring (bicyclic) bond motifs is 3. The maximum atomic E-state index is 12.5. The molecule has 0 radical (unpaired) electrons. The van der Waals surface area contributed by atoms with Crippen molar-refractivity contribution in [3.63, 3.8) is 0 Å². The fourth-order valence-corrected chi connectivity index (χ4v) is 4.67. The van der Waals surface area contributed by atoms with Gasteiger partial charge in [0.2, 0.25) is 11.8 Å². The number of carbonyl (C=O) groups is 2. The van der Waals surface area contributed by atoms with Crippen LogP contribution in [-0.2, 0) is 28.9 Å². The molecular formula is C18H24N4O3S. The number of rotatable bonds is 6. The van der Waals surface area contributed by atoms with Crippen molar-refractivity contribution < 1.29 is 9.59 Å². The molecule has 2 heterocycles. The van der Waals surface area contributed by atoms with Gasteiger partial charge in [0.1, 0.15) is 10.7 Å². The Morgan fingerprint density at radius 2 is 2.08 bits per heavy atom. The van der Waals surface area contributed by atoms with Gasteiger partial charge in [0.25, 0.3) is 5.56 Å². The molecule has 0 fully saturated rings. The topological polar surface area (TPSA) is 104 Å². The standard InChI is InChI=1S/C18H24N4O3S/c1-10-3-4-12-13(9-10)26-18-16(12)17(25)21-14(22-18)5-6-15(24)20-8-7-19-11(2)23/h10H,3-9H2,1-2H3,(H,19,23)(H,20,24)(H,21,22,25). The number of aromatic nitrogens is 2. The molecule has 2 aromatic heterocycles. The van der Waals surface area contributed by atoms with Crippen LogP contribution in [0.4, 0.5) is 0 Å². The van der Waals surface area contributed by atoms with E-state index in [0.717, 1.165) is 29.5 Å². The van der Waals surface area contributed by atoms with E-state index in [1.54, 1.807) is 11.3 Å². The molecule has 0 aliphatic heterocycles. The average molecular weight is 376 g/mol. The van der Waals surface area contributed by atoms with E-state index >= 15 is 0 Å². The zero-order valence-electron chi connectivity index (χ0n) is 15.1. The minimum atomic E-state index is -0.127. The van der Waals surface area contributed by atoms with Crippen molar-refractivity contribution in [2.75, 3.05) is 13.1 Å². The summed E-state index contributed by atoms with van der Waals surface area (Å²) in [6, 6.07) is 0. The lowest BCUT2D eigenvalue weighted by atomic mass is 9.89. The maximum absolute atomic E-state index is 12.5. The van der Waals surface area contributed by atoms with Crippen molar-refractivity contribution in [3.8, 4) is 0 Å². The second-order valence-electron chi connectivity index (χ2n) is 6.88. The van der Waals surface area contributed by atoms with Crippen molar-refractivity contribution in [1.82, 2.24) is 20.6 Å². The Morgan fingerprint density at radius 1 is 1.31 bits per heavy atom. The van der Waals surface area contributed by atoms with Crippen LogP contribution in [0.2, 0.25) is 0 Å². The molecule has 0 saturated carbocycles. The molecule has 26 heavy (non-hydrogen) atoms. The van der Waals surface area contributed by atoms with Gasteiger partial charge in [-0.05, 0) is 30.7 Å². The summed E-state index contributed by atoms with van der Waals surface area (Å²) < 4.78 is 0. The highest BCUT2D eigenvalue weighted by Gasteiger charge is 2.23. The van der Waals surface area contributed by atoms with Gasteiger partial charge in [-0.2, -0.15) is 0 Å². The van der Waals surface area contributed by atoms with E-state index in [4.69, 9.17) is 0 Å². The average Bonchev–Trinajstić information content (AvgIpc) is 2.94. The van der Waals surface area contributed by atoms with Crippen LogP contribution in [-0.4, -0.2) is 34.9 Å². The van der Waals surface area contributed by atoms with Gasteiger partial charge < -0.3 is 15.6 Å². The van der Waals surface area contributed by atoms with Crippen LogP contribution in [0.15, 0.2) is 4.79 Å². The van der Waals surface area contributed by atoms with Gasteiger partial charge in [0.05, 0.1) is 5.39 Å². The van der Waals surface area contributed by atoms with Crippen molar-refractivity contribution in [3.05, 3.63) is 26.6 Å². The monoisotopic (exact) mass is 376 g/mol. The van der Waals surface area contributed by atoms with Gasteiger partial charge in [0, 0.05) is 37.7 Å². The maximum Gasteiger partial charge on any atom is 0.259 e. The molecule has 2 amide bonds. The summed E-state index contributed by atoms with van der Waals surface area (Å²) in [6.45, 7) is 4.46. The number of aromatic amines is 1. The second kappa shape index (κ2) is 7.99. The van der Waals surface area contributed by atoms with Crippen molar-refractivity contribution in [2.45, 2.75) is 46.0 Å². The third-order valence-electron chi connectivity index (χ3n) is 4.62. The van der Waals surface area contributed by atoms with E-state index in [1.165, 1.54) is 17.4 Å². The Kier molecular flexibility index (Phi) is 5.70. The van der Waals surface area contributed by atoms with Crippen LogP contribution in [0.1, 0.15) is 43.0 Å². The van der Waals surface area contributed by atoms with E-state index in [0.29, 0.717) is 31.3 Å². The van der Waals surface area contributed by atoms with Crippen LogP contribution >= 0.6 is 11.3 Å². The minimum absolute atomic E-state index is 0.0943. The van der Waals surface area contributed by atoms with Crippen LogP contribution in [0.5, 0.6) is 0 Å². The normalized spacial score (nSPS) is 16.3. The first-order valence-electron chi connectivity index (χ1n) is 8.98. The van der Waals surface area contributed by atoms with Gasteiger partial charge in [-0.1, -0.05) is 6.92 Å². The zero-order valence-corrected chi connectivity index (χ0v) is 15.9. The zero-order chi connectivity index (χ0) is 18.7. The number of H-pyrrole nitrogens is 1. The molecule has 3 N–H and O–H groups in total. The summed E-state index contributed by atoms with van der Waals surface area (Å²) in [7, 11) is 0. The lowest BCUT2D eigenvalue weighted by Crippen LogP contribution is -2.33. The summed E-state index contributed by atoms with van der Waals surface area (Å²) in [5.74, 6) is 0.946. The Bertz CT molecular complexity index is 886. The highest BCUT2D eigenvalue weighted by molar-refractivity contribution is 7.18. The molecule has 140 valence electrons. The molecule has 1 atom stereocenters. The van der Waals surface area contributed by atoms with E-state index < -0.39 is 0 Å². The second-order valence-corrected chi connectivity index (χ2v) is 7.96. The van der Waals surface area contributed by atoms with Crippen LogP contribution in [0, 0.1) is 5.92 Å². The molecule has 7 nitrogen and oxygen atoms in total. The fraction of sp³-hybridized carbons (Fsp3) is 0.556. The smallest absolute Gasteiger partial charge is 0.259 e. The van der Waals surface area contributed by atoms with E-state index in [2.05, 4.69) is 27.5 Å². The molecule has 1 aliphatic carbocycles. The molecule has 0 aromatic carbocycles. The molecule has 1 unspecified atom stereocenters. The number of amides is 2. The van der Waals surface area contributed by atoms with Crippen LogP contribution in [0.3, 0.4) is 0 Å². The predicted octanol–water partition coefficient (Wildman–Crippen LogP) is 1.29. The minimum Gasteiger partial charge on any atom is -0.355 e. The summed E-state index contributed by atoms with van der Waals surface area (Å²) in [5.41, 5.74) is 1.07. The van der Waals surface area contributed by atoms with Crippen molar-refractivity contribution in [1.29, 1.82) is 0 Å². The van der Waals surface area contributed by atoms with Gasteiger partial charge in [0.15, 0.2) is 0 Å². The van der Waals surface area contributed by atoms with Crippen LogP contribution in [0.25, 0.3) is 10.2 Å². The lowest BCUT2D eigenvalue weighted by molar-refractivity contribution is -0.122. The third-order valence-corrected chi connectivity index (χ3v) is 5.77. The quantitative estimate of drug-likeness (QED) is 0.661. The van der Waals surface area contributed by atoms with Gasteiger partial charge in [-0.15, -0.1) is 11.3 Å². The highest BCUT2D eigenvalue weighted by atomic mass is 32.1. The Morgan fingerprint density at radius 3 is 2.85 bits per heavy atom. The Labute approximate surface area is 155 Å². The number of thiophene rings is 1. The molecule has 1 aliphatic rings. The lowest BCUT2D eigenvalue weighted by Gasteiger charge is -2.17. The molecule has 2 aromatic rings. The molecule has 0 saturated heterocycles. The van der Waals surface area contributed by atoms with Gasteiger partial charge in [-0.3, -0.25) is 14.4 Å². The highest BCUT2D eigenvalue weighted by Crippen LogP contribution is 2.35. The molecule has 0 spiro atoms. The van der Waals surface area contributed by atoms with Crippen molar-refractivity contribution in [2.24, 2.45) is 5.92 Å². The largest absolute Gasteiger partial charge is 0.355 e. The van der Waals surface area contributed by atoms with E-state index in [1.807, 2.05) is 0 Å². The number of carbonyl (C=O) groups excluding carboxylic acids is 2. The first kappa shape index (κ1) is 18.6. The van der Waals surface area contributed by atoms with E-state index in [-0.39, 0.29) is 23.8 Å². The summed E-state index contributed by atoms with van der Waals surface area (Å²) in [4.78, 5) is 44.6. The first-order valence-corrected chi connectivity index (χ1v) is 9.80. The Hall–Kier alpha value is -2.22. The predicted molar refractivity (Wildman–Crippen MR) is 101 cm³/mol. The number of aryl methyl sites for hydroxylation is 2. The molecule has 0 bridgehead atoms. The third kappa shape index (κ3) is 4.30. The number of hydrogen-bond donors (Lipinski definition) is 3. The fourth-order valence-electron chi connectivity index (χ4n) is 3.27. The summed E-state index contributed by atoms with van der Waals surface area (Å²) in [6.07, 6.45) is 3.70. The van der Waals surface area contributed by atoms with Crippen molar-refractivity contribution >= 4 is 33.4 Å². The number of hydrogen-bond acceptors (Lipinski definition) is 5. The van der Waals surface area contributed by atoms with Gasteiger partial charge >= 0.3 is 0 Å². The van der Waals surface area contributed by atoms with E-state index in [9.17, 15) is 14.4 Å². The van der Waals surface area contributed by atoms with Crippen LogP contribution < -0.4 is 16.2 Å². The molecule has 3 rings (SSSR count). The van der Waals surface area contributed by atoms with Gasteiger partial charge in [-0.25, -0.2) is 4.98 Å². The molecular weight excluding hydrogens is 352 g/mol. The number of nitrogens with zero attached hydrogens (tertiary/aromatic N) is 1. The Balaban J connectivity index is 1.63.